The van der Waals surface area contributed by atoms with Crippen molar-refractivity contribution in [2.75, 3.05) is 7.11 Å². The first-order chi connectivity index (χ1) is 4.45. The van der Waals surface area contributed by atoms with E-state index >= 15 is 0 Å². The van der Waals surface area contributed by atoms with Crippen LogP contribution in [0.15, 0.2) is 10.2 Å². The largest absolute Gasteiger partial charge is 0.451 e. The van der Waals surface area contributed by atoms with Gasteiger partial charge in [0, 0.05) is 0 Å². The fourth-order valence-electron chi connectivity index (χ4n) is 0.204. The second-order valence-corrected chi connectivity index (χ2v) is 2.16. The first-order valence-corrected chi connectivity index (χ1v) is 2.69. The molecule has 0 heterocycles. The first-order valence-electron chi connectivity index (χ1n) is 2.69. The quantitative estimate of drug-likeness (QED) is 0.559. The number of methoxy groups -OCH3 is 1. The molecular formula is C5H10N2O3. The maximum Gasteiger partial charge on any atom is 0.451 e. The SMILES string of the molecule is COC(=O)N=NC(C)(C)O. The summed E-state index contributed by atoms with van der Waals surface area (Å²) in [5.74, 6) is 0. The smallest absolute Gasteiger partial charge is 0.450 e. The lowest BCUT2D eigenvalue weighted by molar-refractivity contribution is 0.0801. The normalized spacial score (nSPS) is 12.0. The molecule has 0 saturated heterocycles. The molecule has 0 aromatic rings. The summed E-state index contributed by atoms with van der Waals surface area (Å²) >= 11 is 0. The topological polar surface area (TPSA) is 71.2 Å². The van der Waals surface area contributed by atoms with E-state index in [4.69, 9.17) is 5.11 Å². The molecule has 0 aliphatic rings. The molecule has 0 rings (SSSR count). The summed E-state index contributed by atoms with van der Waals surface area (Å²) in [6.07, 6.45) is -0.817. The minimum atomic E-state index is -1.31. The summed E-state index contributed by atoms with van der Waals surface area (Å²) in [5, 5.41) is 15.2. The zero-order chi connectivity index (χ0) is 8.20. The number of nitrogens with zero attached hydrogens (tertiary/aromatic N) is 2. The highest BCUT2D eigenvalue weighted by Crippen LogP contribution is 2.02. The highest BCUT2D eigenvalue weighted by molar-refractivity contribution is 5.67. The van der Waals surface area contributed by atoms with Gasteiger partial charge in [0.05, 0.1) is 7.11 Å². The lowest BCUT2D eigenvalue weighted by atomic mass is 10.3. The molecule has 0 radical (unpaired) electrons. The van der Waals surface area contributed by atoms with Crippen LogP contribution in [0.25, 0.3) is 0 Å². The summed E-state index contributed by atoms with van der Waals surface area (Å²) in [5.41, 5.74) is -1.31. The molecule has 0 spiro atoms. The number of carbonyl (C=O) groups is 1. The van der Waals surface area contributed by atoms with Crippen molar-refractivity contribution >= 4 is 6.09 Å². The van der Waals surface area contributed by atoms with Gasteiger partial charge in [-0.05, 0) is 13.8 Å². The molecule has 1 N–H and O–H groups in total. The molecule has 0 saturated carbocycles. The monoisotopic (exact) mass is 146 g/mol. The fourth-order valence-corrected chi connectivity index (χ4v) is 0.204. The van der Waals surface area contributed by atoms with E-state index in [1.54, 1.807) is 0 Å². The van der Waals surface area contributed by atoms with Crippen LogP contribution in [0.2, 0.25) is 0 Å². The number of aliphatic hydroxyl groups is 1. The van der Waals surface area contributed by atoms with Crippen LogP contribution >= 0.6 is 0 Å². The lowest BCUT2D eigenvalue weighted by Crippen LogP contribution is -2.14. The molecule has 10 heavy (non-hydrogen) atoms. The zero-order valence-electron chi connectivity index (χ0n) is 6.16. The Balaban J connectivity index is 3.88. The Morgan fingerprint density at radius 3 is 2.40 bits per heavy atom. The lowest BCUT2D eigenvalue weighted by Gasteiger charge is -2.06. The van der Waals surface area contributed by atoms with Crippen LogP contribution in [0.1, 0.15) is 13.8 Å². The van der Waals surface area contributed by atoms with Crippen LogP contribution in [-0.4, -0.2) is 24.0 Å². The van der Waals surface area contributed by atoms with E-state index in [9.17, 15) is 4.79 Å². The summed E-state index contributed by atoms with van der Waals surface area (Å²) in [7, 11) is 1.19. The third-order valence-electron chi connectivity index (χ3n) is 0.551. The van der Waals surface area contributed by atoms with Crippen LogP contribution in [0.5, 0.6) is 0 Å². The number of rotatable bonds is 1. The van der Waals surface area contributed by atoms with Crippen LogP contribution in [0.4, 0.5) is 4.79 Å². The first kappa shape index (κ1) is 9.03. The molecule has 0 aromatic carbocycles. The number of ether oxygens (including phenoxy) is 1. The molecule has 0 fully saturated rings. The van der Waals surface area contributed by atoms with Crippen LogP contribution in [0, 0.1) is 0 Å². The van der Waals surface area contributed by atoms with Gasteiger partial charge in [-0.15, -0.1) is 5.11 Å². The van der Waals surface area contributed by atoms with Gasteiger partial charge in [0.2, 0.25) is 0 Å². The van der Waals surface area contributed by atoms with Crippen LogP contribution < -0.4 is 0 Å². The molecule has 5 heteroatoms. The third-order valence-corrected chi connectivity index (χ3v) is 0.551. The molecule has 5 nitrogen and oxygen atoms in total. The van der Waals surface area contributed by atoms with Crippen molar-refractivity contribution in [3.63, 3.8) is 0 Å². The van der Waals surface area contributed by atoms with Gasteiger partial charge < -0.3 is 9.84 Å². The summed E-state index contributed by atoms with van der Waals surface area (Å²) in [6, 6.07) is 0. The van der Waals surface area contributed by atoms with E-state index in [0.717, 1.165) is 0 Å². The van der Waals surface area contributed by atoms with Crippen molar-refractivity contribution in [2.24, 2.45) is 10.2 Å². The number of carbonyl (C=O) groups excluding carboxylic acids is 1. The van der Waals surface area contributed by atoms with Crippen molar-refractivity contribution in [3.05, 3.63) is 0 Å². The molecule has 0 atom stereocenters. The standard InChI is InChI=1S/C5H10N2O3/c1-5(2,9)7-6-4(8)10-3/h9H,1-3H3. The predicted octanol–water partition coefficient (Wildman–Crippen LogP) is 0.933. The van der Waals surface area contributed by atoms with E-state index in [1.807, 2.05) is 0 Å². The Hall–Kier alpha value is -0.970. The van der Waals surface area contributed by atoms with E-state index in [2.05, 4.69) is 15.0 Å². The molecule has 0 aliphatic heterocycles. The van der Waals surface area contributed by atoms with E-state index in [0.29, 0.717) is 0 Å². The molecular weight excluding hydrogens is 136 g/mol. The molecule has 0 bridgehead atoms. The Bertz CT molecular complexity index is 147. The van der Waals surface area contributed by atoms with Crippen molar-refractivity contribution in [1.82, 2.24) is 0 Å². The highest BCUT2D eigenvalue weighted by atomic mass is 16.5. The van der Waals surface area contributed by atoms with E-state index in [-0.39, 0.29) is 0 Å². The minimum Gasteiger partial charge on any atom is -0.450 e. The summed E-state index contributed by atoms with van der Waals surface area (Å²) in [4.78, 5) is 10.3. The fraction of sp³-hybridized carbons (Fsp3) is 0.800. The second kappa shape index (κ2) is 3.26. The average Bonchev–Trinajstić information content (AvgIpc) is 1.81. The van der Waals surface area contributed by atoms with Gasteiger partial charge in [-0.25, -0.2) is 4.79 Å². The van der Waals surface area contributed by atoms with Gasteiger partial charge in [-0.2, -0.15) is 0 Å². The summed E-state index contributed by atoms with van der Waals surface area (Å²) < 4.78 is 4.14. The number of amides is 1. The molecule has 0 aromatic heterocycles. The number of hydrogen-bond acceptors (Lipinski definition) is 4. The minimum absolute atomic E-state index is 0.817. The second-order valence-electron chi connectivity index (χ2n) is 2.16. The van der Waals surface area contributed by atoms with Crippen LogP contribution in [-0.2, 0) is 4.74 Å². The average molecular weight is 146 g/mol. The van der Waals surface area contributed by atoms with E-state index in [1.165, 1.54) is 21.0 Å². The van der Waals surface area contributed by atoms with Crippen molar-refractivity contribution in [1.29, 1.82) is 0 Å². The Kier molecular flexibility index (Phi) is 2.95. The van der Waals surface area contributed by atoms with Crippen molar-refractivity contribution in [2.45, 2.75) is 19.6 Å². The van der Waals surface area contributed by atoms with Gasteiger partial charge in [-0.3, -0.25) is 0 Å². The number of hydrogen-bond donors (Lipinski definition) is 1. The zero-order valence-corrected chi connectivity index (χ0v) is 6.16. The molecule has 0 unspecified atom stereocenters. The summed E-state index contributed by atoms with van der Waals surface area (Å²) in [6.45, 7) is 2.80. The van der Waals surface area contributed by atoms with Gasteiger partial charge in [0.25, 0.3) is 0 Å². The van der Waals surface area contributed by atoms with E-state index < -0.39 is 11.8 Å². The third kappa shape index (κ3) is 5.17. The predicted molar refractivity (Wildman–Crippen MR) is 33.6 cm³/mol. The van der Waals surface area contributed by atoms with Crippen LogP contribution in [0.3, 0.4) is 0 Å². The molecule has 1 amide bonds. The molecule has 58 valence electrons. The Labute approximate surface area is 58.7 Å². The van der Waals surface area contributed by atoms with Crippen molar-refractivity contribution < 1.29 is 14.6 Å². The van der Waals surface area contributed by atoms with Gasteiger partial charge in [-0.1, -0.05) is 5.11 Å². The van der Waals surface area contributed by atoms with Gasteiger partial charge >= 0.3 is 6.09 Å². The highest BCUT2D eigenvalue weighted by Gasteiger charge is 2.09. The Morgan fingerprint density at radius 2 is 2.10 bits per heavy atom. The molecule has 0 aliphatic carbocycles. The maximum absolute atomic E-state index is 10.3. The van der Waals surface area contributed by atoms with Gasteiger partial charge in [0.1, 0.15) is 0 Å². The maximum atomic E-state index is 10.3. The van der Waals surface area contributed by atoms with Crippen molar-refractivity contribution in [3.8, 4) is 0 Å². The van der Waals surface area contributed by atoms with Gasteiger partial charge in [0.15, 0.2) is 5.72 Å². The number of azo groups is 1. The Morgan fingerprint density at radius 1 is 1.60 bits per heavy atom.